The Labute approximate surface area is 115 Å². The van der Waals surface area contributed by atoms with E-state index >= 15 is 0 Å². The predicted octanol–water partition coefficient (Wildman–Crippen LogP) is 3.14. The average Bonchev–Trinajstić information content (AvgIpc) is 2.38. The van der Waals surface area contributed by atoms with Gasteiger partial charge in [-0.3, -0.25) is 10.1 Å². The van der Waals surface area contributed by atoms with Crippen LogP contribution in [-0.4, -0.2) is 15.0 Å². The minimum atomic E-state index is -0.612. The molecule has 0 aliphatic carbocycles. The van der Waals surface area contributed by atoms with Gasteiger partial charge < -0.3 is 9.84 Å². The number of hydrogen-bond donors (Lipinski definition) is 1. The Morgan fingerprint density at radius 3 is 2.70 bits per heavy atom. The normalized spacial score (nSPS) is 11.9. The largest absolute Gasteiger partial charge is 0.439 e. The Hall–Kier alpha value is -2.47. The molecule has 104 valence electrons. The van der Waals surface area contributed by atoms with Gasteiger partial charge in [0.15, 0.2) is 0 Å². The summed E-state index contributed by atoms with van der Waals surface area (Å²) in [5.41, 5.74) is 1.25. The van der Waals surface area contributed by atoms with Gasteiger partial charge in [0.05, 0.1) is 11.0 Å². The molecule has 0 aliphatic heterocycles. The lowest BCUT2D eigenvalue weighted by Crippen LogP contribution is -1.95. The van der Waals surface area contributed by atoms with E-state index in [2.05, 4.69) is 4.98 Å². The number of hydrogen-bond acceptors (Lipinski definition) is 5. The van der Waals surface area contributed by atoms with Crippen molar-refractivity contribution in [3.05, 3.63) is 57.8 Å². The van der Waals surface area contributed by atoms with E-state index in [1.807, 2.05) is 0 Å². The first kappa shape index (κ1) is 14.0. The predicted molar refractivity (Wildman–Crippen MR) is 72.8 cm³/mol. The van der Waals surface area contributed by atoms with Gasteiger partial charge in [-0.05, 0) is 37.6 Å². The zero-order chi connectivity index (χ0) is 14.7. The first-order valence-electron chi connectivity index (χ1n) is 6.04. The zero-order valence-corrected chi connectivity index (χ0v) is 11.1. The number of ether oxygens (including phenoxy) is 1. The van der Waals surface area contributed by atoms with Crippen molar-refractivity contribution in [2.45, 2.75) is 20.0 Å². The topological polar surface area (TPSA) is 85.5 Å². The van der Waals surface area contributed by atoms with E-state index in [0.29, 0.717) is 22.8 Å². The summed E-state index contributed by atoms with van der Waals surface area (Å²) in [6.07, 6.45) is 0.925. The summed E-state index contributed by atoms with van der Waals surface area (Å²) in [5.74, 6) is 0.792. The Morgan fingerprint density at radius 1 is 1.35 bits per heavy atom. The number of aliphatic hydroxyl groups is 1. The van der Waals surface area contributed by atoms with E-state index in [-0.39, 0.29) is 5.69 Å². The van der Waals surface area contributed by atoms with Gasteiger partial charge in [-0.15, -0.1) is 0 Å². The van der Waals surface area contributed by atoms with E-state index < -0.39 is 11.0 Å². The van der Waals surface area contributed by atoms with Gasteiger partial charge in [0.1, 0.15) is 5.75 Å². The van der Waals surface area contributed by atoms with E-state index in [1.165, 1.54) is 18.3 Å². The number of pyridine rings is 1. The molecule has 1 N–H and O–H groups in total. The highest BCUT2D eigenvalue weighted by Crippen LogP contribution is 2.27. The summed E-state index contributed by atoms with van der Waals surface area (Å²) in [4.78, 5) is 14.3. The second-order valence-corrected chi connectivity index (χ2v) is 4.41. The highest BCUT2D eigenvalue weighted by molar-refractivity contribution is 5.45. The summed E-state index contributed by atoms with van der Waals surface area (Å²) in [7, 11) is 0. The van der Waals surface area contributed by atoms with Crippen LogP contribution in [0.4, 0.5) is 5.69 Å². The van der Waals surface area contributed by atoms with Crippen molar-refractivity contribution in [3.8, 4) is 11.6 Å². The van der Waals surface area contributed by atoms with Crippen molar-refractivity contribution in [2.75, 3.05) is 0 Å². The van der Waals surface area contributed by atoms with Gasteiger partial charge in [0.25, 0.3) is 5.69 Å². The standard InChI is InChI=1S/C14H14N2O4/c1-9-7-12(3-4-13(9)16(18)19)20-14-8-11(10(2)17)5-6-15-14/h3-8,10,17H,1-2H3/t10-/m1/s1. The molecular formula is C14H14N2O4. The molecule has 0 aliphatic rings. The average molecular weight is 274 g/mol. The maximum absolute atomic E-state index is 10.7. The van der Waals surface area contributed by atoms with Crippen LogP contribution in [0.25, 0.3) is 0 Å². The van der Waals surface area contributed by atoms with Crippen LogP contribution in [0.1, 0.15) is 24.2 Å². The molecule has 6 nitrogen and oxygen atoms in total. The molecule has 0 saturated carbocycles. The molecule has 1 heterocycles. The molecule has 20 heavy (non-hydrogen) atoms. The number of aryl methyl sites for hydroxylation is 1. The lowest BCUT2D eigenvalue weighted by Gasteiger charge is -2.08. The zero-order valence-electron chi connectivity index (χ0n) is 11.1. The summed E-state index contributed by atoms with van der Waals surface area (Å²) in [5, 5.41) is 20.2. The molecule has 2 rings (SSSR count). The maximum atomic E-state index is 10.7. The molecule has 1 atom stereocenters. The summed E-state index contributed by atoms with van der Waals surface area (Å²) in [6, 6.07) is 7.81. The van der Waals surface area contributed by atoms with Gasteiger partial charge in [-0.25, -0.2) is 4.98 Å². The molecule has 0 bridgehead atoms. The Morgan fingerprint density at radius 2 is 2.10 bits per heavy atom. The van der Waals surface area contributed by atoms with Crippen LogP contribution in [0.3, 0.4) is 0 Å². The number of nitro groups is 1. The second kappa shape index (κ2) is 5.66. The first-order valence-corrected chi connectivity index (χ1v) is 6.04. The van der Waals surface area contributed by atoms with Gasteiger partial charge in [-0.1, -0.05) is 0 Å². The number of nitrogens with zero attached hydrogens (tertiary/aromatic N) is 2. The Balaban J connectivity index is 2.24. The van der Waals surface area contributed by atoms with E-state index in [1.54, 1.807) is 32.0 Å². The van der Waals surface area contributed by atoms with Crippen LogP contribution in [0, 0.1) is 17.0 Å². The van der Waals surface area contributed by atoms with Crippen molar-refractivity contribution in [2.24, 2.45) is 0 Å². The third kappa shape index (κ3) is 3.10. The van der Waals surface area contributed by atoms with E-state index in [4.69, 9.17) is 4.74 Å². The van der Waals surface area contributed by atoms with Crippen LogP contribution in [0.2, 0.25) is 0 Å². The van der Waals surface area contributed by atoms with E-state index in [9.17, 15) is 15.2 Å². The molecule has 1 aromatic carbocycles. The molecular weight excluding hydrogens is 260 g/mol. The SMILES string of the molecule is Cc1cc(Oc2cc([C@@H](C)O)ccn2)ccc1[N+](=O)[O-]. The minimum absolute atomic E-state index is 0.0445. The van der Waals surface area contributed by atoms with Crippen LogP contribution < -0.4 is 4.74 Å². The Kier molecular flexibility index (Phi) is 3.95. The highest BCUT2D eigenvalue weighted by atomic mass is 16.6. The minimum Gasteiger partial charge on any atom is -0.439 e. The molecule has 2 aromatic rings. The fourth-order valence-corrected chi connectivity index (χ4v) is 1.76. The van der Waals surface area contributed by atoms with Crippen LogP contribution in [0.5, 0.6) is 11.6 Å². The number of aliphatic hydroxyl groups excluding tert-OH is 1. The summed E-state index contributed by atoms with van der Waals surface area (Å²) in [6.45, 7) is 3.29. The van der Waals surface area contributed by atoms with Gasteiger partial charge in [0.2, 0.25) is 5.88 Å². The molecule has 6 heteroatoms. The third-order valence-corrected chi connectivity index (χ3v) is 2.83. The molecule has 0 fully saturated rings. The van der Waals surface area contributed by atoms with Crippen LogP contribution >= 0.6 is 0 Å². The first-order chi connectivity index (χ1) is 9.47. The fourth-order valence-electron chi connectivity index (χ4n) is 1.76. The highest BCUT2D eigenvalue weighted by Gasteiger charge is 2.11. The molecule has 0 saturated heterocycles. The second-order valence-electron chi connectivity index (χ2n) is 4.41. The van der Waals surface area contributed by atoms with Crippen LogP contribution in [-0.2, 0) is 0 Å². The molecule has 0 amide bonds. The fraction of sp³-hybridized carbons (Fsp3) is 0.214. The van der Waals surface area contributed by atoms with E-state index in [0.717, 1.165) is 0 Å². The van der Waals surface area contributed by atoms with Crippen molar-refractivity contribution >= 4 is 5.69 Å². The van der Waals surface area contributed by atoms with Crippen molar-refractivity contribution < 1.29 is 14.8 Å². The lowest BCUT2D eigenvalue weighted by molar-refractivity contribution is -0.385. The molecule has 0 spiro atoms. The number of benzene rings is 1. The number of aromatic nitrogens is 1. The monoisotopic (exact) mass is 274 g/mol. The quantitative estimate of drug-likeness (QED) is 0.683. The lowest BCUT2D eigenvalue weighted by atomic mass is 10.2. The molecule has 1 aromatic heterocycles. The third-order valence-electron chi connectivity index (χ3n) is 2.83. The summed E-state index contributed by atoms with van der Waals surface area (Å²) >= 11 is 0. The molecule has 0 unspecified atom stereocenters. The van der Waals surface area contributed by atoms with Crippen LogP contribution in [0.15, 0.2) is 36.5 Å². The van der Waals surface area contributed by atoms with Crippen molar-refractivity contribution in [3.63, 3.8) is 0 Å². The van der Waals surface area contributed by atoms with Gasteiger partial charge in [0, 0.05) is 23.9 Å². The van der Waals surface area contributed by atoms with Gasteiger partial charge in [-0.2, -0.15) is 0 Å². The Bertz CT molecular complexity index is 641. The number of nitro benzene ring substituents is 1. The smallest absolute Gasteiger partial charge is 0.272 e. The van der Waals surface area contributed by atoms with Crippen molar-refractivity contribution in [1.29, 1.82) is 0 Å². The molecule has 0 radical (unpaired) electrons. The van der Waals surface area contributed by atoms with Crippen molar-refractivity contribution in [1.82, 2.24) is 4.98 Å². The van der Waals surface area contributed by atoms with Gasteiger partial charge >= 0.3 is 0 Å². The maximum Gasteiger partial charge on any atom is 0.272 e. The number of rotatable bonds is 4. The summed E-state index contributed by atoms with van der Waals surface area (Å²) < 4.78 is 5.54.